The first-order valence-electron chi connectivity index (χ1n) is 9.73. The summed E-state index contributed by atoms with van der Waals surface area (Å²) in [4.78, 5) is 12.9. The Kier molecular flexibility index (Phi) is 6.90. The topological polar surface area (TPSA) is 47.6 Å². The molecule has 0 heterocycles. The van der Waals surface area contributed by atoms with Crippen molar-refractivity contribution in [3.8, 4) is 11.5 Å². The Hall–Kier alpha value is -3.27. The quantitative estimate of drug-likeness (QED) is 0.583. The fourth-order valence-electron chi connectivity index (χ4n) is 3.49. The molecule has 0 spiro atoms. The number of hydrogen-bond donors (Lipinski definition) is 1. The number of nitrogens with one attached hydrogen (secondary N) is 1. The first-order valence-corrected chi connectivity index (χ1v) is 9.73. The molecule has 0 aromatic heterocycles. The molecule has 150 valence electrons. The molecule has 4 nitrogen and oxygen atoms in total. The van der Waals surface area contributed by atoms with E-state index >= 15 is 0 Å². The average molecular weight is 389 g/mol. The highest BCUT2D eigenvalue weighted by Crippen LogP contribution is 2.31. The summed E-state index contributed by atoms with van der Waals surface area (Å²) in [5.41, 5.74) is 3.23. The van der Waals surface area contributed by atoms with Gasteiger partial charge in [-0.2, -0.15) is 0 Å². The molecule has 0 fully saturated rings. The molecular formula is C25H27NO3. The number of carbonyl (C=O) groups is 1. The Morgan fingerprint density at radius 1 is 0.793 bits per heavy atom. The standard InChI is InChI=1S/C25H27NO3/c1-18(21-14-15-23(28-2)24(16-21)29-3)26-25(27)17-22(19-10-6-4-7-11-19)20-12-8-5-9-13-20/h4-16,18,22H,17H2,1-3H3,(H,26,27)/t18-/m1/s1. The third-order valence-electron chi connectivity index (χ3n) is 5.08. The van der Waals surface area contributed by atoms with Crippen LogP contribution in [0.4, 0.5) is 0 Å². The summed E-state index contributed by atoms with van der Waals surface area (Å²) in [6.45, 7) is 1.97. The molecule has 29 heavy (non-hydrogen) atoms. The number of hydrogen-bond acceptors (Lipinski definition) is 3. The predicted molar refractivity (Wildman–Crippen MR) is 115 cm³/mol. The second-order valence-corrected chi connectivity index (χ2v) is 6.98. The summed E-state index contributed by atoms with van der Waals surface area (Å²) in [6.07, 6.45) is 0.381. The van der Waals surface area contributed by atoms with E-state index < -0.39 is 0 Å². The highest BCUT2D eigenvalue weighted by atomic mass is 16.5. The van der Waals surface area contributed by atoms with Gasteiger partial charge in [0, 0.05) is 12.3 Å². The molecular weight excluding hydrogens is 362 g/mol. The Balaban J connectivity index is 1.75. The molecule has 3 aromatic rings. The summed E-state index contributed by atoms with van der Waals surface area (Å²) < 4.78 is 10.7. The van der Waals surface area contributed by atoms with E-state index in [-0.39, 0.29) is 17.9 Å². The van der Waals surface area contributed by atoms with Gasteiger partial charge < -0.3 is 14.8 Å². The van der Waals surface area contributed by atoms with Crippen molar-refractivity contribution in [3.63, 3.8) is 0 Å². The fraction of sp³-hybridized carbons (Fsp3) is 0.240. The lowest BCUT2D eigenvalue weighted by atomic mass is 9.88. The van der Waals surface area contributed by atoms with Gasteiger partial charge in [-0.05, 0) is 35.7 Å². The molecule has 1 atom stereocenters. The Morgan fingerprint density at radius 3 is 1.86 bits per heavy atom. The molecule has 0 saturated carbocycles. The van der Waals surface area contributed by atoms with Gasteiger partial charge in [-0.1, -0.05) is 66.7 Å². The fourth-order valence-corrected chi connectivity index (χ4v) is 3.49. The van der Waals surface area contributed by atoms with E-state index in [1.165, 1.54) is 0 Å². The van der Waals surface area contributed by atoms with Gasteiger partial charge in [-0.25, -0.2) is 0 Å². The van der Waals surface area contributed by atoms with Gasteiger partial charge in [0.15, 0.2) is 11.5 Å². The molecule has 0 radical (unpaired) electrons. The number of carbonyl (C=O) groups excluding carboxylic acids is 1. The predicted octanol–water partition coefficient (Wildman–Crippen LogP) is 5.10. The van der Waals surface area contributed by atoms with Crippen LogP contribution >= 0.6 is 0 Å². The van der Waals surface area contributed by atoms with Crippen LogP contribution in [0, 0.1) is 0 Å². The van der Waals surface area contributed by atoms with E-state index in [0.29, 0.717) is 17.9 Å². The summed E-state index contributed by atoms with van der Waals surface area (Å²) in [5, 5.41) is 3.12. The van der Waals surface area contributed by atoms with Crippen LogP contribution in [0.25, 0.3) is 0 Å². The molecule has 0 bridgehead atoms. The smallest absolute Gasteiger partial charge is 0.221 e. The van der Waals surface area contributed by atoms with E-state index in [2.05, 4.69) is 29.6 Å². The van der Waals surface area contributed by atoms with Crippen LogP contribution in [0.2, 0.25) is 0 Å². The van der Waals surface area contributed by atoms with Gasteiger partial charge in [0.1, 0.15) is 0 Å². The first-order chi connectivity index (χ1) is 14.1. The molecule has 0 aliphatic heterocycles. The Morgan fingerprint density at radius 2 is 1.34 bits per heavy atom. The van der Waals surface area contributed by atoms with Crippen LogP contribution in [-0.4, -0.2) is 20.1 Å². The van der Waals surface area contributed by atoms with E-state index in [4.69, 9.17) is 9.47 Å². The summed E-state index contributed by atoms with van der Waals surface area (Å²) in [6, 6.07) is 25.9. The molecule has 0 unspecified atom stereocenters. The first kappa shape index (κ1) is 20.5. The SMILES string of the molecule is COc1ccc([C@@H](C)NC(=O)CC(c2ccccc2)c2ccccc2)cc1OC. The van der Waals surface area contributed by atoms with Gasteiger partial charge >= 0.3 is 0 Å². The molecule has 0 aliphatic carbocycles. The van der Waals surface area contributed by atoms with Gasteiger partial charge in [0.05, 0.1) is 20.3 Å². The number of ether oxygens (including phenoxy) is 2. The second kappa shape index (κ2) is 9.78. The molecule has 4 heteroatoms. The van der Waals surface area contributed by atoms with Crippen molar-refractivity contribution in [1.29, 1.82) is 0 Å². The van der Waals surface area contributed by atoms with Crippen LogP contribution < -0.4 is 14.8 Å². The summed E-state index contributed by atoms with van der Waals surface area (Å²) >= 11 is 0. The third-order valence-corrected chi connectivity index (χ3v) is 5.08. The van der Waals surface area contributed by atoms with Gasteiger partial charge in [0.25, 0.3) is 0 Å². The van der Waals surface area contributed by atoms with Crippen molar-refractivity contribution in [2.45, 2.75) is 25.3 Å². The lowest BCUT2D eigenvalue weighted by Gasteiger charge is -2.21. The van der Waals surface area contributed by atoms with Crippen LogP contribution in [0.5, 0.6) is 11.5 Å². The lowest BCUT2D eigenvalue weighted by Crippen LogP contribution is -2.28. The highest BCUT2D eigenvalue weighted by molar-refractivity contribution is 5.78. The average Bonchev–Trinajstić information content (AvgIpc) is 2.78. The van der Waals surface area contributed by atoms with Crippen molar-refractivity contribution in [1.82, 2.24) is 5.32 Å². The second-order valence-electron chi connectivity index (χ2n) is 6.98. The number of benzene rings is 3. The third kappa shape index (κ3) is 5.17. The maximum absolute atomic E-state index is 12.9. The zero-order valence-electron chi connectivity index (χ0n) is 17.1. The minimum atomic E-state index is -0.144. The van der Waals surface area contributed by atoms with Crippen LogP contribution in [0.15, 0.2) is 78.9 Å². The van der Waals surface area contributed by atoms with E-state index in [1.807, 2.05) is 61.5 Å². The molecule has 1 amide bonds. The molecule has 0 aliphatic rings. The zero-order valence-corrected chi connectivity index (χ0v) is 17.1. The summed E-state index contributed by atoms with van der Waals surface area (Å²) in [7, 11) is 3.21. The zero-order chi connectivity index (χ0) is 20.6. The van der Waals surface area contributed by atoms with Crippen LogP contribution in [-0.2, 0) is 4.79 Å². The van der Waals surface area contributed by atoms with Crippen molar-refractivity contribution in [2.75, 3.05) is 14.2 Å². The van der Waals surface area contributed by atoms with Gasteiger partial charge in [0.2, 0.25) is 5.91 Å². The van der Waals surface area contributed by atoms with Gasteiger partial charge in [-0.15, -0.1) is 0 Å². The monoisotopic (exact) mass is 389 g/mol. The maximum atomic E-state index is 12.9. The number of rotatable bonds is 8. The van der Waals surface area contributed by atoms with Gasteiger partial charge in [-0.3, -0.25) is 4.79 Å². The molecule has 1 N–H and O–H groups in total. The number of amides is 1. The van der Waals surface area contributed by atoms with Crippen molar-refractivity contribution in [3.05, 3.63) is 95.6 Å². The molecule has 3 rings (SSSR count). The minimum Gasteiger partial charge on any atom is -0.493 e. The summed E-state index contributed by atoms with van der Waals surface area (Å²) in [5.74, 6) is 1.33. The largest absolute Gasteiger partial charge is 0.493 e. The van der Waals surface area contributed by atoms with Crippen molar-refractivity contribution < 1.29 is 14.3 Å². The maximum Gasteiger partial charge on any atom is 0.221 e. The number of methoxy groups -OCH3 is 2. The lowest BCUT2D eigenvalue weighted by molar-refractivity contribution is -0.121. The normalized spacial score (nSPS) is 11.7. The molecule has 0 saturated heterocycles. The minimum absolute atomic E-state index is 0.00462. The van der Waals surface area contributed by atoms with Crippen molar-refractivity contribution >= 4 is 5.91 Å². The Labute approximate surface area is 172 Å². The van der Waals surface area contributed by atoms with E-state index in [0.717, 1.165) is 16.7 Å². The highest BCUT2D eigenvalue weighted by Gasteiger charge is 2.20. The van der Waals surface area contributed by atoms with Crippen LogP contribution in [0.3, 0.4) is 0 Å². The molecule has 3 aromatic carbocycles. The Bertz CT molecular complexity index is 886. The van der Waals surface area contributed by atoms with E-state index in [9.17, 15) is 4.79 Å². The van der Waals surface area contributed by atoms with Crippen LogP contribution in [0.1, 0.15) is 42.0 Å². The van der Waals surface area contributed by atoms with E-state index in [1.54, 1.807) is 14.2 Å². The van der Waals surface area contributed by atoms with Crippen molar-refractivity contribution in [2.24, 2.45) is 0 Å².